The Hall–Kier alpha value is -1.09. The molecule has 0 aliphatic rings. The van der Waals surface area contributed by atoms with Gasteiger partial charge in [0.05, 0.1) is 5.69 Å². The fraction of sp³-hybridized carbons (Fsp3) is 0.474. The van der Waals surface area contributed by atoms with E-state index >= 15 is 0 Å². The maximum atomic E-state index is 4.46. The molecule has 0 fully saturated rings. The van der Waals surface area contributed by atoms with Crippen molar-refractivity contribution in [1.29, 1.82) is 0 Å². The van der Waals surface area contributed by atoms with Gasteiger partial charge in [-0.3, -0.25) is 9.67 Å². The monoisotopic (exact) mass is 533 g/mol. The molecule has 5 nitrogen and oxygen atoms in total. The first kappa shape index (κ1) is 23.0. The van der Waals surface area contributed by atoms with Gasteiger partial charge in [-0.1, -0.05) is 41.9 Å². The molecule has 0 saturated heterocycles. The van der Waals surface area contributed by atoms with Gasteiger partial charge in [0.2, 0.25) is 0 Å². The van der Waals surface area contributed by atoms with Gasteiger partial charge in [-0.2, -0.15) is 5.10 Å². The van der Waals surface area contributed by atoms with Crippen LogP contribution >= 0.6 is 39.9 Å². The fourth-order valence-electron chi connectivity index (χ4n) is 2.77. The highest BCUT2D eigenvalue weighted by Gasteiger charge is 2.21. The van der Waals surface area contributed by atoms with Crippen LogP contribution in [0.2, 0.25) is 0 Å². The number of benzene rings is 1. The molecule has 2 N–H and O–H groups in total. The zero-order chi connectivity index (χ0) is 18.6. The van der Waals surface area contributed by atoms with Crippen LogP contribution in [0.4, 0.5) is 0 Å². The van der Waals surface area contributed by atoms with E-state index in [-0.39, 0.29) is 29.4 Å². The third-order valence-corrected chi connectivity index (χ3v) is 5.17. The van der Waals surface area contributed by atoms with Crippen molar-refractivity contribution in [2.24, 2.45) is 12.0 Å². The minimum absolute atomic E-state index is 0. The summed E-state index contributed by atoms with van der Waals surface area (Å²) in [6, 6.07) is 8.48. The standard InChI is InChI=1S/C19H28BrN5.HI/c1-13-17(14(2)25(6)24-13)11-22-18(21-5)23-12-19(3,4)15-7-9-16(20)10-8-15;/h7-10H,11-12H2,1-6H3,(H2,21,22,23);1H. The normalized spacial score (nSPS) is 11.9. The molecule has 0 bridgehead atoms. The summed E-state index contributed by atoms with van der Waals surface area (Å²) in [5.41, 5.74) is 4.74. The van der Waals surface area contributed by atoms with Crippen LogP contribution in [0.15, 0.2) is 33.7 Å². The molecular formula is C19H29BrIN5. The van der Waals surface area contributed by atoms with E-state index in [0.29, 0.717) is 6.54 Å². The van der Waals surface area contributed by atoms with Crippen LogP contribution in [0.3, 0.4) is 0 Å². The third kappa shape index (κ3) is 5.70. The number of aryl methyl sites for hydroxylation is 2. The minimum Gasteiger partial charge on any atom is -0.356 e. The molecule has 2 aromatic rings. The van der Waals surface area contributed by atoms with Crippen LogP contribution < -0.4 is 10.6 Å². The van der Waals surface area contributed by atoms with Gasteiger partial charge in [-0.25, -0.2) is 0 Å². The molecule has 1 aromatic carbocycles. The minimum atomic E-state index is -0.00153. The van der Waals surface area contributed by atoms with Gasteiger partial charge in [0.15, 0.2) is 5.96 Å². The molecule has 7 heteroatoms. The quantitative estimate of drug-likeness (QED) is 0.346. The van der Waals surface area contributed by atoms with E-state index in [1.54, 1.807) is 7.05 Å². The predicted molar refractivity (Wildman–Crippen MR) is 123 cm³/mol. The first-order chi connectivity index (χ1) is 11.7. The number of hydrogen-bond acceptors (Lipinski definition) is 2. The second-order valence-electron chi connectivity index (χ2n) is 6.94. The Kier molecular flexibility index (Phi) is 8.59. The number of aliphatic imine (C=N–C) groups is 1. The molecule has 1 aromatic heterocycles. The zero-order valence-electron chi connectivity index (χ0n) is 16.4. The van der Waals surface area contributed by atoms with Crippen molar-refractivity contribution in [2.75, 3.05) is 13.6 Å². The van der Waals surface area contributed by atoms with Gasteiger partial charge in [0.1, 0.15) is 0 Å². The van der Waals surface area contributed by atoms with Gasteiger partial charge in [-0.15, -0.1) is 24.0 Å². The van der Waals surface area contributed by atoms with Crippen molar-refractivity contribution in [3.63, 3.8) is 0 Å². The number of nitrogens with zero attached hydrogens (tertiary/aromatic N) is 3. The van der Waals surface area contributed by atoms with Gasteiger partial charge in [0.25, 0.3) is 0 Å². The largest absolute Gasteiger partial charge is 0.356 e. The average Bonchev–Trinajstić information content (AvgIpc) is 2.81. The van der Waals surface area contributed by atoms with Crippen molar-refractivity contribution in [3.05, 3.63) is 51.3 Å². The Labute approximate surface area is 182 Å². The third-order valence-electron chi connectivity index (χ3n) is 4.64. The van der Waals surface area contributed by atoms with E-state index in [1.807, 2.05) is 18.7 Å². The van der Waals surface area contributed by atoms with E-state index in [4.69, 9.17) is 0 Å². The molecular weight excluding hydrogens is 505 g/mol. The van der Waals surface area contributed by atoms with Gasteiger partial charge in [0, 0.05) is 48.3 Å². The lowest BCUT2D eigenvalue weighted by molar-refractivity contribution is 0.508. The highest BCUT2D eigenvalue weighted by atomic mass is 127. The van der Waals surface area contributed by atoms with Crippen molar-refractivity contribution in [1.82, 2.24) is 20.4 Å². The van der Waals surface area contributed by atoms with Crippen molar-refractivity contribution in [2.45, 2.75) is 39.7 Å². The summed E-state index contributed by atoms with van der Waals surface area (Å²) in [7, 11) is 3.77. The fourth-order valence-corrected chi connectivity index (χ4v) is 3.04. The summed E-state index contributed by atoms with van der Waals surface area (Å²) in [4.78, 5) is 4.34. The summed E-state index contributed by atoms with van der Waals surface area (Å²) in [6.07, 6.45) is 0. The van der Waals surface area contributed by atoms with Crippen molar-refractivity contribution >= 4 is 45.9 Å². The summed E-state index contributed by atoms with van der Waals surface area (Å²) >= 11 is 3.49. The van der Waals surface area contributed by atoms with Crippen LogP contribution in [0.5, 0.6) is 0 Å². The molecule has 0 aliphatic heterocycles. The Balaban J connectivity index is 0.00000338. The summed E-state index contributed by atoms with van der Waals surface area (Å²) < 4.78 is 3.01. The highest BCUT2D eigenvalue weighted by molar-refractivity contribution is 14.0. The number of hydrogen-bond donors (Lipinski definition) is 2. The molecule has 0 unspecified atom stereocenters. The zero-order valence-corrected chi connectivity index (χ0v) is 20.3. The molecule has 2 rings (SSSR count). The van der Waals surface area contributed by atoms with E-state index in [1.165, 1.54) is 16.8 Å². The number of nitrogens with one attached hydrogen (secondary N) is 2. The lowest BCUT2D eigenvalue weighted by atomic mass is 9.85. The summed E-state index contributed by atoms with van der Waals surface area (Å²) in [6.45, 7) is 10.1. The first-order valence-electron chi connectivity index (χ1n) is 8.44. The van der Waals surface area contributed by atoms with Crippen LogP contribution in [-0.4, -0.2) is 29.3 Å². The van der Waals surface area contributed by atoms with Crippen molar-refractivity contribution < 1.29 is 0 Å². The van der Waals surface area contributed by atoms with Crippen LogP contribution in [0.25, 0.3) is 0 Å². The Morgan fingerprint density at radius 2 is 1.81 bits per heavy atom. The number of guanidine groups is 1. The van der Waals surface area contributed by atoms with E-state index < -0.39 is 0 Å². The molecule has 0 aliphatic carbocycles. The lowest BCUT2D eigenvalue weighted by Gasteiger charge is -2.27. The SMILES string of the molecule is CN=C(NCc1c(C)nn(C)c1C)NCC(C)(C)c1ccc(Br)cc1.I. The molecule has 0 amide bonds. The molecule has 0 radical (unpaired) electrons. The van der Waals surface area contributed by atoms with Crippen LogP contribution in [0, 0.1) is 13.8 Å². The Morgan fingerprint density at radius 3 is 2.31 bits per heavy atom. The van der Waals surface area contributed by atoms with E-state index in [9.17, 15) is 0 Å². The average molecular weight is 534 g/mol. The molecule has 0 saturated carbocycles. The second kappa shape index (κ2) is 9.73. The Morgan fingerprint density at radius 1 is 1.19 bits per heavy atom. The van der Waals surface area contributed by atoms with Crippen LogP contribution in [-0.2, 0) is 19.0 Å². The second-order valence-corrected chi connectivity index (χ2v) is 7.86. The van der Waals surface area contributed by atoms with Gasteiger partial charge in [-0.05, 0) is 31.5 Å². The Bertz CT molecular complexity index is 750. The topological polar surface area (TPSA) is 54.2 Å². The molecule has 0 spiro atoms. The van der Waals surface area contributed by atoms with Crippen LogP contribution in [0.1, 0.15) is 36.4 Å². The number of rotatable bonds is 5. The summed E-state index contributed by atoms with van der Waals surface area (Å²) in [5.74, 6) is 0.799. The molecule has 0 atom stereocenters. The lowest BCUT2D eigenvalue weighted by Crippen LogP contribution is -2.43. The van der Waals surface area contributed by atoms with Gasteiger partial charge >= 0.3 is 0 Å². The van der Waals surface area contributed by atoms with Crippen molar-refractivity contribution in [3.8, 4) is 0 Å². The number of aromatic nitrogens is 2. The molecule has 26 heavy (non-hydrogen) atoms. The molecule has 144 valence electrons. The predicted octanol–water partition coefficient (Wildman–Crippen LogP) is 4.06. The van der Waals surface area contributed by atoms with E-state index in [2.05, 4.69) is 81.7 Å². The summed E-state index contributed by atoms with van der Waals surface area (Å²) in [5, 5.41) is 11.3. The van der Waals surface area contributed by atoms with Gasteiger partial charge < -0.3 is 10.6 Å². The molecule has 1 heterocycles. The highest BCUT2D eigenvalue weighted by Crippen LogP contribution is 2.24. The smallest absolute Gasteiger partial charge is 0.191 e. The van der Waals surface area contributed by atoms with E-state index in [0.717, 1.165) is 22.7 Å². The maximum absolute atomic E-state index is 4.46. The first-order valence-corrected chi connectivity index (χ1v) is 9.23. The number of halogens is 2. The maximum Gasteiger partial charge on any atom is 0.191 e.